The van der Waals surface area contributed by atoms with Gasteiger partial charge >= 0.3 is 11.6 Å². The maximum Gasteiger partial charge on any atom is 0.349 e. The number of amides is 1. The average Bonchev–Trinajstić information content (AvgIpc) is 3.04. The summed E-state index contributed by atoms with van der Waals surface area (Å²) in [5.41, 5.74) is 0.0511. The zero-order valence-electron chi connectivity index (χ0n) is 14.3. The molecule has 7 heteroatoms. The number of hydrogen-bond acceptors (Lipinski definition) is 6. The molecule has 3 rings (SSSR count). The molecule has 3 aromatic rings. The molecule has 0 unspecified atom stereocenters. The van der Waals surface area contributed by atoms with Gasteiger partial charge < -0.3 is 14.5 Å². The summed E-state index contributed by atoms with van der Waals surface area (Å²) >= 11 is 1.28. The Kier molecular flexibility index (Phi) is 5.18. The highest BCUT2D eigenvalue weighted by atomic mass is 32.1. The van der Waals surface area contributed by atoms with Crippen molar-refractivity contribution >= 4 is 39.2 Å². The van der Waals surface area contributed by atoms with E-state index in [9.17, 15) is 14.4 Å². The molecule has 0 aliphatic rings. The summed E-state index contributed by atoms with van der Waals surface area (Å²) in [4.78, 5) is 37.4. The lowest BCUT2D eigenvalue weighted by molar-refractivity contribution is 0.0525. The van der Waals surface area contributed by atoms with E-state index in [2.05, 4.69) is 5.32 Å². The number of carbonyl (C=O) groups is 2. The van der Waals surface area contributed by atoms with Crippen LogP contribution in [0, 0.1) is 0 Å². The largest absolute Gasteiger partial charge is 0.462 e. The van der Waals surface area contributed by atoms with Crippen LogP contribution in [0.2, 0.25) is 0 Å². The van der Waals surface area contributed by atoms with E-state index in [0.717, 1.165) is 4.88 Å². The van der Waals surface area contributed by atoms with Crippen LogP contribution in [0.25, 0.3) is 11.0 Å². The van der Waals surface area contributed by atoms with Gasteiger partial charge in [-0.3, -0.25) is 4.79 Å². The number of fused-ring (bicyclic) bond motifs is 1. The summed E-state index contributed by atoms with van der Waals surface area (Å²) < 4.78 is 10.2. The zero-order chi connectivity index (χ0) is 18.7. The van der Waals surface area contributed by atoms with E-state index in [1.165, 1.54) is 17.4 Å². The Morgan fingerprint density at radius 2 is 1.92 bits per heavy atom. The topological polar surface area (TPSA) is 85.6 Å². The van der Waals surface area contributed by atoms with Gasteiger partial charge in [0.1, 0.15) is 11.1 Å². The number of carbonyl (C=O) groups excluding carboxylic acids is 2. The SMILES string of the molecule is CCOC(=O)c1cc(NC(=O)c2cc3ccccc3oc2=O)sc1CC. The van der Waals surface area contributed by atoms with Gasteiger partial charge in [-0.25, -0.2) is 9.59 Å². The predicted molar refractivity (Wildman–Crippen MR) is 100 cm³/mol. The lowest BCUT2D eigenvalue weighted by Crippen LogP contribution is -2.20. The number of thiophene rings is 1. The fourth-order valence-electron chi connectivity index (χ4n) is 2.53. The van der Waals surface area contributed by atoms with E-state index in [1.807, 2.05) is 6.92 Å². The van der Waals surface area contributed by atoms with E-state index < -0.39 is 17.5 Å². The number of para-hydroxylation sites is 1. The molecule has 0 fully saturated rings. The van der Waals surface area contributed by atoms with Crippen molar-refractivity contribution in [3.8, 4) is 0 Å². The number of benzene rings is 1. The summed E-state index contributed by atoms with van der Waals surface area (Å²) in [5, 5.41) is 3.80. The molecule has 0 radical (unpaired) electrons. The van der Waals surface area contributed by atoms with Crippen molar-refractivity contribution in [3.63, 3.8) is 0 Å². The number of rotatable bonds is 5. The van der Waals surface area contributed by atoms with Crippen LogP contribution >= 0.6 is 11.3 Å². The van der Waals surface area contributed by atoms with Crippen molar-refractivity contribution in [2.24, 2.45) is 0 Å². The molecule has 2 aromatic heterocycles. The third kappa shape index (κ3) is 3.52. The second kappa shape index (κ2) is 7.53. The molecule has 6 nitrogen and oxygen atoms in total. The number of nitrogens with one attached hydrogen (secondary N) is 1. The third-order valence-corrected chi connectivity index (χ3v) is 4.94. The number of ether oxygens (including phenoxy) is 1. The van der Waals surface area contributed by atoms with Crippen LogP contribution in [0.3, 0.4) is 0 Å². The quantitative estimate of drug-likeness (QED) is 0.544. The van der Waals surface area contributed by atoms with Crippen molar-refractivity contribution in [1.29, 1.82) is 0 Å². The molecular weight excluding hydrogens is 354 g/mol. The Morgan fingerprint density at radius 1 is 1.15 bits per heavy atom. The summed E-state index contributed by atoms with van der Waals surface area (Å²) in [5.74, 6) is -1.00. The van der Waals surface area contributed by atoms with Crippen molar-refractivity contribution in [2.75, 3.05) is 11.9 Å². The molecule has 1 amide bonds. The summed E-state index contributed by atoms with van der Waals surface area (Å²) in [6.45, 7) is 3.92. The first-order valence-corrected chi connectivity index (χ1v) is 8.99. The highest BCUT2D eigenvalue weighted by Gasteiger charge is 2.19. The minimum Gasteiger partial charge on any atom is -0.462 e. The van der Waals surface area contributed by atoms with Gasteiger partial charge in [0, 0.05) is 10.3 Å². The third-order valence-electron chi connectivity index (χ3n) is 3.75. The molecule has 0 bridgehead atoms. The smallest absolute Gasteiger partial charge is 0.349 e. The zero-order valence-corrected chi connectivity index (χ0v) is 15.1. The number of anilines is 1. The normalized spacial score (nSPS) is 10.7. The van der Waals surface area contributed by atoms with E-state index >= 15 is 0 Å². The first-order valence-electron chi connectivity index (χ1n) is 8.17. The molecule has 1 aromatic carbocycles. The van der Waals surface area contributed by atoms with Crippen molar-refractivity contribution in [1.82, 2.24) is 0 Å². The molecular formula is C19H17NO5S. The summed E-state index contributed by atoms with van der Waals surface area (Å²) in [6.07, 6.45) is 0.632. The summed E-state index contributed by atoms with van der Waals surface area (Å²) in [6, 6.07) is 10.0. The van der Waals surface area contributed by atoms with Gasteiger partial charge in [0.15, 0.2) is 0 Å². The molecule has 0 spiro atoms. The summed E-state index contributed by atoms with van der Waals surface area (Å²) in [7, 11) is 0. The van der Waals surface area contributed by atoms with Crippen LogP contribution in [0.1, 0.15) is 39.4 Å². The average molecular weight is 371 g/mol. The van der Waals surface area contributed by atoms with Gasteiger partial charge in [-0.15, -0.1) is 11.3 Å². The van der Waals surface area contributed by atoms with Crippen LogP contribution in [0.5, 0.6) is 0 Å². The molecule has 0 aliphatic carbocycles. The van der Waals surface area contributed by atoms with Crippen LogP contribution in [0.15, 0.2) is 45.6 Å². The van der Waals surface area contributed by atoms with E-state index in [-0.39, 0.29) is 12.2 Å². The van der Waals surface area contributed by atoms with Gasteiger partial charge in [-0.05, 0) is 31.5 Å². The monoisotopic (exact) mass is 371 g/mol. The maximum atomic E-state index is 12.5. The van der Waals surface area contributed by atoms with E-state index in [1.54, 1.807) is 37.3 Å². The number of esters is 1. The van der Waals surface area contributed by atoms with Crippen LogP contribution in [-0.4, -0.2) is 18.5 Å². The first-order chi connectivity index (χ1) is 12.5. The van der Waals surface area contributed by atoms with Crippen molar-refractivity contribution < 1.29 is 18.7 Å². The van der Waals surface area contributed by atoms with Gasteiger partial charge in [-0.2, -0.15) is 0 Å². The van der Waals surface area contributed by atoms with Crippen LogP contribution in [-0.2, 0) is 11.2 Å². The number of aryl methyl sites for hydroxylation is 1. The van der Waals surface area contributed by atoms with Gasteiger partial charge in [0.05, 0.1) is 17.2 Å². The Labute approximate surface area is 153 Å². The molecule has 0 aliphatic heterocycles. The fraction of sp³-hybridized carbons (Fsp3) is 0.211. The van der Waals surface area contributed by atoms with Gasteiger partial charge in [-0.1, -0.05) is 25.1 Å². The molecule has 0 saturated carbocycles. The predicted octanol–water partition coefficient (Wildman–Crippen LogP) is 3.85. The Morgan fingerprint density at radius 3 is 2.65 bits per heavy atom. The molecule has 0 atom stereocenters. The van der Waals surface area contributed by atoms with E-state index in [0.29, 0.717) is 28.0 Å². The van der Waals surface area contributed by atoms with Crippen LogP contribution < -0.4 is 10.9 Å². The van der Waals surface area contributed by atoms with Gasteiger partial charge in [0.25, 0.3) is 5.91 Å². The lowest BCUT2D eigenvalue weighted by Gasteiger charge is -2.03. The van der Waals surface area contributed by atoms with Crippen LogP contribution in [0.4, 0.5) is 5.00 Å². The van der Waals surface area contributed by atoms with E-state index in [4.69, 9.17) is 9.15 Å². The standard InChI is InChI=1S/C19H17NO5S/c1-3-15-12(18(22)24-4-2)10-16(26-15)20-17(21)13-9-11-7-5-6-8-14(11)25-19(13)23/h5-10H,3-4H2,1-2H3,(H,20,21). The molecule has 26 heavy (non-hydrogen) atoms. The lowest BCUT2D eigenvalue weighted by atomic mass is 10.2. The Hall–Kier alpha value is -2.93. The molecule has 0 saturated heterocycles. The highest BCUT2D eigenvalue weighted by molar-refractivity contribution is 7.16. The Balaban J connectivity index is 1.90. The molecule has 2 heterocycles. The molecule has 134 valence electrons. The minimum absolute atomic E-state index is 0.0900. The van der Waals surface area contributed by atoms with Crippen molar-refractivity contribution in [2.45, 2.75) is 20.3 Å². The first kappa shape index (κ1) is 17.9. The second-order valence-corrected chi connectivity index (χ2v) is 6.60. The molecule has 1 N–H and O–H groups in total. The highest BCUT2D eigenvalue weighted by Crippen LogP contribution is 2.28. The Bertz CT molecular complexity index is 1030. The minimum atomic E-state index is -0.709. The number of hydrogen-bond donors (Lipinski definition) is 1. The fourth-order valence-corrected chi connectivity index (χ4v) is 3.52. The van der Waals surface area contributed by atoms with Gasteiger partial charge in [0.2, 0.25) is 0 Å². The maximum absolute atomic E-state index is 12.5. The van der Waals surface area contributed by atoms with Crippen molar-refractivity contribution in [3.05, 3.63) is 62.8 Å². The second-order valence-electron chi connectivity index (χ2n) is 5.46.